The van der Waals surface area contributed by atoms with E-state index in [9.17, 15) is 0 Å². The molecule has 1 aliphatic heterocycles. The highest BCUT2D eigenvalue weighted by Crippen LogP contribution is 2.30. The van der Waals surface area contributed by atoms with Gasteiger partial charge in [-0.2, -0.15) is 0 Å². The molecule has 1 saturated heterocycles. The quantitative estimate of drug-likeness (QED) is 0.721. The van der Waals surface area contributed by atoms with E-state index in [-0.39, 0.29) is 0 Å². The molecule has 2 nitrogen and oxygen atoms in total. The molecule has 86 valence electrons. The molecule has 2 aliphatic rings. The first-order valence-corrected chi connectivity index (χ1v) is 6.30. The Balaban J connectivity index is 2.05. The maximum Gasteiger partial charge on any atom is 0.0792 e. The molecule has 0 spiro atoms. The number of ether oxygens (including phenoxy) is 1. The molecule has 2 heteroatoms. The van der Waals surface area contributed by atoms with Crippen LogP contribution in [0.3, 0.4) is 0 Å². The second kappa shape index (κ2) is 5.13. The number of hydrogen-bond acceptors (Lipinski definition) is 2. The first-order valence-electron chi connectivity index (χ1n) is 6.30. The van der Waals surface area contributed by atoms with Crippen LogP contribution in [0.5, 0.6) is 0 Å². The van der Waals surface area contributed by atoms with E-state index in [1.54, 1.807) is 5.57 Å². The van der Waals surface area contributed by atoms with Crippen molar-refractivity contribution in [2.45, 2.75) is 51.2 Å². The molecule has 3 atom stereocenters. The van der Waals surface area contributed by atoms with Gasteiger partial charge in [0.15, 0.2) is 0 Å². The fraction of sp³-hybridized carbons (Fsp3) is 0.846. The number of allylic oxidation sites excluding steroid dienone is 1. The van der Waals surface area contributed by atoms with Crippen LogP contribution < -0.4 is 5.32 Å². The van der Waals surface area contributed by atoms with E-state index in [2.05, 4.69) is 25.4 Å². The molecule has 1 aliphatic carbocycles. The fourth-order valence-electron chi connectivity index (χ4n) is 2.85. The van der Waals surface area contributed by atoms with Crippen molar-refractivity contribution in [2.75, 3.05) is 13.7 Å². The van der Waals surface area contributed by atoms with Gasteiger partial charge >= 0.3 is 0 Å². The largest absolute Gasteiger partial charge is 0.376 e. The number of hydrogen-bond donors (Lipinski definition) is 1. The first-order chi connectivity index (χ1) is 7.33. The number of rotatable bonds is 3. The summed E-state index contributed by atoms with van der Waals surface area (Å²) in [5.74, 6) is 0.699. The summed E-state index contributed by atoms with van der Waals surface area (Å²) in [7, 11) is 2.06. The molecule has 1 N–H and O–H groups in total. The molecule has 3 unspecified atom stereocenters. The summed E-state index contributed by atoms with van der Waals surface area (Å²) in [6, 6.07) is 0.461. The van der Waals surface area contributed by atoms with Gasteiger partial charge in [0.25, 0.3) is 0 Å². The molecule has 0 radical (unpaired) electrons. The second-order valence-electron chi connectivity index (χ2n) is 4.89. The van der Waals surface area contributed by atoms with Crippen LogP contribution in [-0.2, 0) is 4.74 Å². The summed E-state index contributed by atoms with van der Waals surface area (Å²) in [5, 5.41) is 3.45. The molecular weight excluding hydrogens is 186 g/mol. The minimum atomic E-state index is 0.402. The topological polar surface area (TPSA) is 21.3 Å². The van der Waals surface area contributed by atoms with Gasteiger partial charge < -0.3 is 10.1 Å². The first kappa shape index (κ1) is 11.2. The molecule has 15 heavy (non-hydrogen) atoms. The SMILES string of the molecule is CNC(C1=CCCCC1)C1OCCC1C. The van der Waals surface area contributed by atoms with Crippen LogP contribution in [0.4, 0.5) is 0 Å². The summed E-state index contributed by atoms with van der Waals surface area (Å²) < 4.78 is 5.87. The third-order valence-electron chi connectivity index (χ3n) is 3.81. The van der Waals surface area contributed by atoms with E-state index >= 15 is 0 Å². The van der Waals surface area contributed by atoms with Crippen molar-refractivity contribution < 1.29 is 4.74 Å². The Morgan fingerprint density at radius 1 is 1.47 bits per heavy atom. The highest BCUT2D eigenvalue weighted by Gasteiger charge is 2.33. The zero-order valence-electron chi connectivity index (χ0n) is 9.96. The molecular formula is C13H23NO. The van der Waals surface area contributed by atoms with E-state index < -0.39 is 0 Å². The van der Waals surface area contributed by atoms with E-state index in [0.29, 0.717) is 18.1 Å². The van der Waals surface area contributed by atoms with Crippen molar-refractivity contribution in [3.05, 3.63) is 11.6 Å². The van der Waals surface area contributed by atoms with Crippen molar-refractivity contribution in [3.8, 4) is 0 Å². The Morgan fingerprint density at radius 2 is 2.33 bits per heavy atom. The lowest BCUT2D eigenvalue weighted by Crippen LogP contribution is -2.42. The van der Waals surface area contributed by atoms with Crippen LogP contribution in [0, 0.1) is 5.92 Å². The van der Waals surface area contributed by atoms with Crippen LogP contribution in [0.15, 0.2) is 11.6 Å². The van der Waals surface area contributed by atoms with E-state index in [1.165, 1.54) is 32.1 Å². The Kier molecular flexibility index (Phi) is 3.81. The summed E-state index contributed by atoms with van der Waals surface area (Å²) >= 11 is 0. The van der Waals surface area contributed by atoms with Gasteiger partial charge in [-0.3, -0.25) is 0 Å². The van der Waals surface area contributed by atoms with Crippen molar-refractivity contribution in [3.63, 3.8) is 0 Å². The lowest BCUT2D eigenvalue weighted by molar-refractivity contribution is 0.0720. The molecule has 0 aromatic heterocycles. The zero-order chi connectivity index (χ0) is 10.7. The summed E-state index contributed by atoms with van der Waals surface area (Å²) in [6.07, 6.45) is 9.29. The zero-order valence-corrected chi connectivity index (χ0v) is 9.96. The Hall–Kier alpha value is -0.340. The smallest absolute Gasteiger partial charge is 0.0792 e. The standard InChI is InChI=1S/C13H23NO/c1-10-8-9-15-13(10)12(14-2)11-6-4-3-5-7-11/h6,10,12-14H,3-5,7-9H2,1-2H3. The number of nitrogens with one attached hydrogen (secondary N) is 1. The van der Waals surface area contributed by atoms with Gasteiger partial charge in [0, 0.05) is 6.61 Å². The molecule has 0 saturated carbocycles. The third kappa shape index (κ3) is 2.43. The van der Waals surface area contributed by atoms with Crippen LogP contribution in [-0.4, -0.2) is 25.8 Å². The molecule has 1 fully saturated rings. The van der Waals surface area contributed by atoms with Crippen molar-refractivity contribution >= 4 is 0 Å². The van der Waals surface area contributed by atoms with Gasteiger partial charge in [0.1, 0.15) is 0 Å². The highest BCUT2D eigenvalue weighted by molar-refractivity contribution is 5.16. The molecule has 0 aromatic rings. The molecule has 1 heterocycles. The predicted octanol–water partition coefficient (Wildman–Crippen LogP) is 2.50. The van der Waals surface area contributed by atoms with Crippen LogP contribution >= 0.6 is 0 Å². The Labute approximate surface area is 93.1 Å². The van der Waals surface area contributed by atoms with Crippen LogP contribution in [0.2, 0.25) is 0 Å². The maximum atomic E-state index is 5.87. The minimum Gasteiger partial charge on any atom is -0.376 e. The van der Waals surface area contributed by atoms with Crippen molar-refractivity contribution in [1.82, 2.24) is 5.32 Å². The summed E-state index contributed by atoms with van der Waals surface area (Å²) in [4.78, 5) is 0. The van der Waals surface area contributed by atoms with Gasteiger partial charge in [0.2, 0.25) is 0 Å². The van der Waals surface area contributed by atoms with E-state index in [0.717, 1.165) is 6.61 Å². The molecule has 0 aromatic carbocycles. The highest BCUT2D eigenvalue weighted by atomic mass is 16.5. The Morgan fingerprint density at radius 3 is 2.87 bits per heavy atom. The fourth-order valence-corrected chi connectivity index (χ4v) is 2.85. The van der Waals surface area contributed by atoms with Gasteiger partial charge in [-0.15, -0.1) is 0 Å². The summed E-state index contributed by atoms with van der Waals surface area (Å²) in [6.45, 7) is 3.25. The normalized spacial score (nSPS) is 33.9. The van der Waals surface area contributed by atoms with Crippen LogP contribution in [0.25, 0.3) is 0 Å². The average Bonchev–Trinajstić information content (AvgIpc) is 2.68. The van der Waals surface area contributed by atoms with E-state index in [1.807, 2.05) is 0 Å². The monoisotopic (exact) mass is 209 g/mol. The molecule has 0 bridgehead atoms. The predicted molar refractivity (Wildman–Crippen MR) is 62.9 cm³/mol. The molecule has 2 rings (SSSR count). The van der Waals surface area contributed by atoms with Crippen LogP contribution in [0.1, 0.15) is 39.0 Å². The van der Waals surface area contributed by atoms with Gasteiger partial charge in [-0.05, 0) is 45.1 Å². The lowest BCUT2D eigenvalue weighted by atomic mass is 9.87. The maximum absolute atomic E-state index is 5.87. The van der Waals surface area contributed by atoms with E-state index in [4.69, 9.17) is 4.74 Å². The second-order valence-corrected chi connectivity index (χ2v) is 4.89. The van der Waals surface area contributed by atoms with Gasteiger partial charge in [-0.1, -0.05) is 18.6 Å². The van der Waals surface area contributed by atoms with Crippen molar-refractivity contribution in [1.29, 1.82) is 0 Å². The lowest BCUT2D eigenvalue weighted by Gasteiger charge is -2.29. The van der Waals surface area contributed by atoms with Gasteiger partial charge in [0.05, 0.1) is 12.1 Å². The molecule has 0 amide bonds. The summed E-state index contributed by atoms with van der Waals surface area (Å²) in [5.41, 5.74) is 1.59. The average molecular weight is 209 g/mol. The van der Waals surface area contributed by atoms with Crippen molar-refractivity contribution in [2.24, 2.45) is 5.92 Å². The number of likely N-dealkylation sites (N-methyl/N-ethyl adjacent to an activating group) is 1. The van der Waals surface area contributed by atoms with Gasteiger partial charge in [-0.25, -0.2) is 0 Å². The minimum absolute atomic E-state index is 0.402. The Bertz CT molecular complexity index is 237. The third-order valence-corrected chi connectivity index (χ3v) is 3.81.